The molecule has 0 fully saturated rings. The van der Waals surface area contributed by atoms with Crippen LogP contribution in [0.3, 0.4) is 0 Å². The van der Waals surface area contributed by atoms with Gasteiger partial charge in [0.15, 0.2) is 11.5 Å². The second-order valence-electron chi connectivity index (χ2n) is 4.21. The van der Waals surface area contributed by atoms with Gasteiger partial charge in [0.25, 0.3) is 0 Å². The normalized spacial score (nSPS) is 10.6. The predicted octanol–water partition coefficient (Wildman–Crippen LogP) is 2.26. The molecule has 0 saturated carbocycles. The van der Waals surface area contributed by atoms with E-state index in [2.05, 4.69) is 11.9 Å². The molecule has 0 spiro atoms. The monoisotopic (exact) mass is 262 g/mol. The number of unbranched alkanes of at least 4 members (excludes halogenated alkanes) is 1. The first-order chi connectivity index (χ1) is 9.17. The quantitative estimate of drug-likeness (QED) is 0.496. The van der Waals surface area contributed by atoms with Crippen LogP contribution in [0.4, 0.5) is 0 Å². The molecule has 4 heteroatoms. The maximum atomic E-state index is 9.49. The molecule has 0 atom stereocenters. The van der Waals surface area contributed by atoms with Gasteiger partial charge in [0.1, 0.15) is 0 Å². The lowest BCUT2D eigenvalue weighted by Gasteiger charge is -2.06. The van der Waals surface area contributed by atoms with Gasteiger partial charge in [-0.05, 0) is 43.2 Å². The van der Waals surface area contributed by atoms with E-state index in [1.807, 2.05) is 18.2 Å². The van der Waals surface area contributed by atoms with E-state index >= 15 is 0 Å². The summed E-state index contributed by atoms with van der Waals surface area (Å²) >= 11 is 0. The van der Waals surface area contributed by atoms with Crippen LogP contribution in [0.1, 0.15) is 18.4 Å². The highest BCUT2D eigenvalue weighted by Crippen LogP contribution is 2.26. The molecule has 4 nitrogen and oxygen atoms in total. The number of nitrogens with one attached hydrogen (secondary N) is 1. The second kappa shape index (κ2) is 8.21. The molecular weight excluding hydrogens is 240 g/mol. The molecule has 1 aromatic rings. The van der Waals surface area contributed by atoms with E-state index in [1.165, 1.54) is 7.11 Å². The summed E-state index contributed by atoms with van der Waals surface area (Å²) in [5.41, 5.74) is 7.22. The third-order valence-corrected chi connectivity index (χ3v) is 2.66. The van der Waals surface area contributed by atoms with Crippen molar-refractivity contribution in [2.75, 3.05) is 20.2 Å². The topological polar surface area (TPSA) is 67.5 Å². The lowest BCUT2D eigenvalue weighted by Crippen LogP contribution is -2.13. The molecule has 0 unspecified atom stereocenters. The number of phenols is 1. The van der Waals surface area contributed by atoms with Gasteiger partial charge in [0.05, 0.1) is 7.11 Å². The Morgan fingerprint density at radius 1 is 1.47 bits per heavy atom. The van der Waals surface area contributed by atoms with Crippen molar-refractivity contribution in [3.8, 4) is 11.5 Å². The van der Waals surface area contributed by atoms with Gasteiger partial charge in [0, 0.05) is 12.2 Å². The molecule has 4 N–H and O–H groups in total. The van der Waals surface area contributed by atoms with Gasteiger partial charge in [-0.3, -0.25) is 0 Å². The van der Waals surface area contributed by atoms with E-state index in [0.29, 0.717) is 5.75 Å². The van der Waals surface area contributed by atoms with E-state index < -0.39 is 0 Å². The van der Waals surface area contributed by atoms with E-state index in [4.69, 9.17) is 10.5 Å². The minimum absolute atomic E-state index is 0.137. The third-order valence-electron chi connectivity index (χ3n) is 2.66. The van der Waals surface area contributed by atoms with Crippen LogP contribution in [0.5, 0.6) is 11.5 Å². The summed E-state index contributed by atoms with van der Waals surface area (Å²) in [5, 5.41) is 12.7. The summed E-state index contributed by atoms with van der Waals surface area (Å²) in [6.07, 6.45) is 5.87. The summed E-state index contributed by atoms with van der Waals surface area (Å²) < 4.78 is 5.05. The minimum atomic E-state index is 0.137. The van der Waals surface area contributed by atoms with E-state index in [1.54, 1.807) is 12.1 Å². The fourth-order valence-corrected chi connectivity index (χ4v) is 1.57. The summed E-state index contributed by atoms with van der Waals surface area (Å²) in [5.74, 6) is 0.599. The highest BCUT2D eigenvalue weighted by molar-refractivity contribution is 5.57. The first-order valence-corrected chi connectivity index (χ1v) is 6.35. The van der Waals surface area contributed by atoms with Crippen molar-refractivity contribution in [3.05, 3.63) is 42.1 Å². The molecule has 0 saturated heterocycles. The second-order valence-corrected chi connectivity index (χ2v) is 4.21. The fraction of sp³-hybridized carbons (Fsp3) is 0.333. The zero-order valence-electron chi connectivity index (χ0n) is 11.4. The summed E-state index contributed by atoms with van der Waals surface area (Å²) in [6, 6.07) is 5.19. The fourth-order valence-electron chi connectivity index (χ4n) is 1.57. The molecule has 19 heavy (non-hydrogen) atoms. The zero-order valence-corrected chi connectivity index (χ0v) is 11.4. The van der Waals surface area contributed by atoms with E-state index in [-0.39, 0.29) is 5.75 Å². The summed E-state index contributed by atoms with van der Waals surface area (Å²) in [4.78, 5) is 0. The lowest BCUT2D eigenvalue weighted by molar-refractivity contribution is 0.373. The molecule has 0 aliphatic rings. The highest BCUT2D eigenvalue weighted by Gasteiger charge is 2.00. The molecule has 0 aromatic heterocycles. The summed E-state index contributed by atoms with van der Waals surface area (Å²) in [6.45, 7) is 5.51. The van der Waals surface area contributed by atoms with Gasteiger partial charge in [-0.1, -0.05) is 18.7 Å². The van der Waals surface area contributed by atoms with Crippen LogP contribution in [0.2, 0.25) is 0 Å². The van der Waals surface area contributed by atoms with Crippen molar-refractivity contribution in [2.24, 2.45) is 5.73 Å². The Kier molecular flexibility index (Phi) is 6.53. The Labute approximate surface area is 114 Å². The number of ether oxygens (including phenoxy) is 1. The van der Waals surface area contributed by atoms with Crippen molar-refractivity contribution in [1.29, 1.82) is 0 Å². The van der Waals surface area contributed by atoms with Gasteiger partial charge < -0.3 is 20.9 Å². The molecule has 1 rings (SSSR count). The standard InChI is InChI=1S/C15H22N2O2/c1-12(17-10-4-3-9-16)5-6-13-7-8-14(18)15(11-13)19-2/h5-8,11,17-18H,1,3-4,9-10,16H2,2H3/b6-5+. The Morgan fingerprint density at radius 3 is 2.95 bits per heavy atom. The zero-order chi connectivity index (χ0) is 14.1. The number of hydrogen-bond donors (Lipinski definition) is 3. The molecule has 0 bridgehead atoms. The van der Waals surface area contributed by atoms with Gasteiger partial charge >= 0.3 is 0 Å². The Hall–Kier alpha value is -1.94. The van der Waals surface area contributed by atoms with Crippen LogP contribution in [0.25, 0.3) is 6.08 Å². The van der Waals surface area contributed by atoms with Crippen molar-refractivity contribution in [2.45, 2.75) is 12.8 Å². The highest BCUT2D eigenvalue weighted by atomic mass is 16.5. The van der Waals surface area contributed by atoms with Crippen molar-refractivity contribution < 1.29 is 9.84 Å². The minimum Gasteiger partial charge on any atom is -0.504 e. The van der Waals surface area contributed by atoms with Gasteiger partial charge in [-0.15, -0.1) is 0 Å². The SMILES string of the molecule is C=C(/C=C/c1ccc(O)c(OC)c1)NCCCCN. The van der Waals surface area contributed by atoms with Crippen LogP contribution in [-0.4, -0.2) is 25.3 Å². The largest absolute Gasteiger partial charge is 0.504 e. The predicted molar refractivity (Wildman–Crippen MR) is 79.1 cm³/mol. The van der Waals surface area contributed by atoms with Crippen LogP contribution in [0, 0.1) is 0 Å². The average molecular weight is 262 g/mol. The van der Waals surface area contributed by atoms with Gasteiger partial charge in [0.2, 0.25) is 0 Å². The molecular formula is C15H22N2O2. The summed E-state index contributed by atoms with van der Waals surface area (Å²) in [7, 11) is 1.53. The average Bonchev–Trinajstić information content (AvgIpc) is 2.42. The van der Waals surface area contributed by atoms with Crippen molar-refractivity contribution in [3.63, 3.8) is 0 Å². The number of methoxy groups -OCH3 is 1. The molecule has 1 aromatic carbocycles. The van der Waals surface area contributed by atoms with E-state index in [0.717, 1.165) is 37.2 Å². The maximum Gasteiger partial charge on any atom is 0.161 e. The molecule has 0 aliphatic heterocycles. The van der Waals surface area contributed by atoms with Gasteiger partial charge in [-0.25, -0.2) is 0 Å². The van der Waals surface area contributed by atoms with Crippen LogP contribution >= 0.6 is 0 Å². The maximum absolute atomic E-state index is 9.49. The Balaban J connectivity index is 2.49. The van der Waals surface area contributed by atoms with Crippen molar-refractivity contribution >= 4 is 6.08 Å². The number of allylic oxidation sites excluding steroid dienone is 1. The number of rotatable bonds is 8. The first-order valence-electron chi connectivity index (χ1n) is 6.35. The number of phenolic OH excluding ortho intramolecular Hbond substituents is 1. The van der Waals surface area contributed by atoms with E-state index in [9.17, 15) is 5.11 Å². The molecule has 0 amide bonds. The van der Waals surface area contributed by atoms with Crippen LogP contribution < -0.4 is 15.8 Å². The third kappa shape index (κ3) is 5.48. The lowest BCUT2D eigenvalue weighted by atomic mass is 10.2. The van der Waals surface area contributed by atoms with Crippen LogP contribution in [0.15, 0.2) is 36.6 Å². The van der Waals surface area contributed by atoms with Crippen LogP contribution in [-0.2, 0) is 0 Å². The Bertz CT molecular complexity index is 442. The number of aromatic hydroxyl groups is 1. The Morgan fingerprint density at radius 2 is 2.26 bits per heavy atom. The smallest absolute Gasteiger partial charge is 0.161 e. The molecule has 0 heterocycles. The molecule has 0 aliphatic carbocycles. The number of benzene rings is 1. The molecule has 104 valence electrons. The number of nitrogens with two attached hydrogens (primary N) is 1. The van der Waals surface area contributed by atoms with Crippen molar-refractivity contribution in [1.82, 2.24) is 5.32 Å². The first kappa shape index (κ1) is 15.1. The number of hydrogen-bond acceptors (Lipinski definition) is 4. The van der Waals surface area contributed by atoms with Gasteiger partial charge in [-0.2, -0.15) is 0 Å². The molecule has 0 radical (unpaired) electrons.